The van der Waals surface area contributed by atoms with Crippen molar-refractivity contribution in [2.45, 2.75) is 59.0 Å². The zero-order valence-corrected chi connectivity index (χ0v) is 11.0. The molecular formula is C13H23N3. The molecule has 0 spiro atoms. The fourth-order valence-corrected chi connectivity index (χ4v) is 2.68. The van der Waals surface area contributed by atoms with Gasteiger partial charge in [-0.2, -0.15) is 5.10 Å². The van der Waals surface area contributed by atoms with E-state index in [9.17, 15) is 0 Å². The van der Waals surface area contributed by atoms with Gasteiger partial charge in [0.2, 0.25) is 0 Å². The summed E-state index contributed by atoms with van der Waals surface area (Å²) in [7, 11) is 0. The molecule has 1 aliphatic rings. The van der Waals surface area contributed by atoms with Crippen LogP contribution in [0.15, 0.2) is 6.20 Å². The highest BCUT2D eigenvalue weighted by Crippen LogP contribution is 2.40. The molecule has 1 aliphatic carbocycles. The van der Waals surface area contributed by atoms with Crippen molar-refractivity contribution < 1.29 is 0 Å². The van der Waals surface area contributed by atoms with E-state index in [0.717, 1.165) is 12.8 Å². The molecular weight excluding hydrogens is 198 g/mol. The Morgan fingerprint density at radius 1 is 1.44 bits per heavy atom. The van der Waals surface area contributed by atoms with Crippen molar-refractivity contribution in [1.29, 1.82) is 0 Å². The Morgan fingerprint density at radius 3 is 2.62 bits per heavy atom. The summed E-state index contributed by atoms with van der Waals surface area (Å²) in [6, 6.07) is 0.148. The van der Waals surface area contributed by atoms with Gasteiger partial charge in [-0.15, -0.1) is 0 Å². The molecule has 1 aromatic rings. The van der Waals surface area contributed by atoms with Gasteiger partial charge in [-0.05, 0) is 39.0 Å². The molecule has 0 radical (unpaired) electrons. The van der Waals surface area contributed by atoms with Crippen molar-refractivity contribution in [3.8, 4) is 0 Å². The van der Waals surface area contributed by atoms with Crippen LogP contribution in [0.4, 0.5) is 0 Å². The van der Waals surface area contributed by atoms with E-state index in [2.05, 4.69) is 44.4 Å². The standard InChI is InChI=1S/C13H23N3/c1-12(2,3)16-11-7-13(4,5)6-10(14)9(11)8-15-16/h8,10H,6-7,14H2,1-5H3. The Hall–Kier alpha value is -0.830. The SMILES string of the molecule is CC1(C)Cc2c(cnn2C(C)(C)C)C(N)C1. The molecule has 1 aromatic heterocycles. The Labute approximate surface area is 98.0 Å². The van der Waals surface area contributed by atoms with Crippen molar-refractivity contribution in [2.75, 3.05) is 0 Å². The Bertz CT molecular complexity index is 396. The fourth-order valence-electron chi connectivity index (χ4n) is 2.68. The molecule has 16 heavy (non-hydrogen) atoms. The monoisotopic (exact) mass is 221 g/mol. The van der Waals surface area contributed by atoms with Gasteiger partial charge in [0.15, 0.2) is 0 Å². The van der Waals surface area contributed by atoms with Crippen LogP contribution in [0.1, 0.15) is 58.3 Å². The van der Waals surface area contributed by atoms with Gasteiger partial charge in [0.1, 0.15) is 0 Å². The average Bonchev–Trinajstić information content (AvgIpc) is 2.43. The van der Waals surface area contributed by atoms with E-state index >= 15 is 0 Å². The first-order chi connectivity index (χ1) is 7.21. The van der Waals surface area contributed by atoms with Crippen LogP contribution in [-0.4, -0.2) is 9.78 Å². The molecule has 0 saturated carbocycles. The van der Waals surface area contributed by atoms with Crippen molar-refractivity contribution in [3.05, 3.63) is 17.5 Å². The van der Waals surface area contributed by atoms with Crippen LogP contribution in [0.3, 0.4) is 0 Å². The second-order valence-corrected chi connectivity index (χ2v) is 6.78. The molecule has 0 bridgehead atoms. The molecule has 0 amide bonds. The molecule has 0 fully saturated rings. The maximum Gasteiger partial charge on any atom is 0.0546 e. The summed E-state index contributed by atoms with van der Waals surface area (Å²) in [6.07, 6.45) is 4.09. The first-order valence-electron chi connectivity index (χ1n) is 6.04. The predicted octanol–water partition coefficient (Wildman–Crippen LogP) is 2.61. The summed E-state index contributed by atoms with van der Waals surface area (Å²) >= 11 is 0. The van der Waals surface area contributed by atoms with Crippen LogP contribution in [0.25, 0.3) is 0 Å². The summed E-state index contributed by atoms with van der Waals surface area (Å²) in [4.78, 5) is 0. The summed E-state index contributed by atoms with van der Waals surface area (Å²) in [5.41, 5.74) is 9.13. The normalized spacial score (nSPS) is 24.2. The van der Waals surface area contributed by atoms with Gasteiger partial charge in [-0.1, -0.05) is 13.8 Å². The zero-order chi connectivity index (χ0) is 12.1. The first-order valence-corrected chi connectivity index (χ1v) is 6.04. The van der Waals surface area contributed by atoms with Gasteiger partial charge in [-0.3, -0.25) is 4.68 Å². The molecule has 0 aromatic carbocycles. The maximum atomic E-state index is 6.23. The van der Waals surface area contributed by atoms with Crippen LogP contribution in [0.5, 0.6) is 0 Å². The molecule has 0 saturated heterocycles. The minimum Gasteiger partial charge on any atom is -0.324 e. The number of aromatic nitrogens is 2. The number of hydrogen-bond donors (Lipinski definition) is 1. The van der Waals surface area contributed by atoms with Crippen LogP contribution in [0.2, 0.25) is 0 Å². The van der Waals surface area contributed by atoms with Gasteiger partial charge in [0.25, 0.3) is 0 Å². The van der Waals surface area contributed by atoms with Crippen LogP contribution >= 0.6 is 0 Å². The lowest BCUT2D eigenvalue weighted by atomic mass is 9.74. The molecule has 90 valence electrons. The van der Waals surface area contributed by atoms with Gasteiger partial charge in [0.05, 0.1) is 11.7 Å². The van der Waals surface area contributed by atoms with Crippen molar-refractivity contribution in [2.24, 2.45) is 11.1 Å². The zero-order valence-electron chi connectivity index (χ0n) is 11.0. The molecule has 1 atom stereocenters. The number of fused-ring (bicyclic) bond motifs is 1. The molecule has 3 nitrogen and oxygen atoms in total. The van der Waals surface area contributed by atoms with Gasteiger partial charge in [0, 0.05) is 17.3 Å². The van der Waals surface area contributed by atoms with E-state index in [0.29, 0.717) is 0 Å². The largest absolute Gasteiger partial charge is 0.324 e. The minimum absolute atomic E-state index is 0.0424. The fraction of sp³-hybridized carbons (Fsp3) is 0.769. The molecule has 0 aliphatic heterocycles. The lowest BCUT2D eigenvalue weighted by molar-refractivity contribution is 0.256. The lowest BCUT2D eigenvalue weighted by Crippen LogP contribution is -2.33. The van der Waals surface area contributed by atoms with Crippen LogP contribution in [-0.2, 0) is 12.0 Å². The Balaban J connectivity index is 2.49. The second kappa shape index (κ2) is 3.33. The van der Waals surface area contributed by atoms with E-state index in [1.165, 1.54) is 11.3 Å². The third-order valence-corrected chi connectivity index (χ3v) is 3.35. The number of hydrogen-bond acceptors (Lipinski definition) is 2. The molecule has 1 heterocycles. The summed E-state index contributed by atoms with van der Waals surface area (Å²) in [6.45, 7) is 11.1. The van der Waals surface area contributed by atoms with Gasteiger partial charge in [-0.25, -0.2) is 0 Å². The summed E-state index contributed by atoms with van der Waals surface area (Å²) in [5, 5.41) is 4.52. The smallest absolute Gasteiger partial charge is 0.0546 e. The van der Waals surface area contributed by atoms with E-state index in [-0.39, 0.29) is 17.0 Å². The number of nitrogens with two attached hydrogens (primary N) is 1. The van der Waals surface area contributed by atoms with Crippen molar-refractivity contribution >= 4 is 0 Å². The highest BCUT2D eigenvalue weighted by molar-refractivity contribution is 5.27. The third-order valence-electron chi connectivity index (χ3n) is 3.35. The van der Waals surface area contributed by atoms with Crippen LogP contribution < -0.4 is 5.73 Å². The molecule has 2 rings (SSSR count). The average molecular weight is 221 g/mol. The highest BCUT2D eigenvalue weighted by atomic mass is 15.3. The Morgan fingerprint density at radius 2 is 2.06 bits per heavy atom. The quantitative estimate of drug-likeness (QED) is 0.732. The maximum absolute atomic E-state index is 6.23. The molecule has 3 heteroatoms. The van der Waals surface area contributed by atoms with E-state index in [4.69, 9.17) is 5.73 Å². The summed E-state index contributed by atoms with van der Waals surface area (Å²) in [5.74, 6) is 0. The minimum atomic E-state index is 0.0424. The highest BCUT2D eigenvalue weighted by Gasteiger charge is 2.34. The van der Waals surface area contributed by atoms with Crippen LogP contribution in [0, 0.1) is 5.41 Å². The second-order valence-electron chi connectivity index (χ2n) is 6.78. The third kappa shape index (κ3) is 1.88. The van der Waals surface area contributed by atoms with Gasteiger partial charge < -0.3 is 5.73 Å². The van der Waals surface area contributed by atoms with Crippen molar-refractivity contribution in [1.82, 2.24) is 9.78 Å². The lowest BCUT2D eigenvalue weighted by Gasteiger charge is -2.35. The number of rotatable bonds is 0. The van der Waals surface area contributed by atoms with E-state index in [1.807, 2.05) is 6.20 Å². The summed E-state index contributed by atoms with van der Waals surface area (Å²) < 4.78 is 2.14. The first kappa shape index (κ1) is 11.6. The van der Waals surface area contributed by atoms with Crippen molar-refractivity contribution in [3.63, 3.8) is 0 Å². The van der Waals surface area contributed by atoms with E-state index < -0.39 is 0 Å². The number of nitrogens with zero attached hydrogens (tertiary/aromatic N) is 2. The predicted molar refractivity (Wildman–Crippen MR) is 66.3 cm³/mol. The Kier molecular flexibility index (Phi) is 2.42. The molecule has 2 N–H and O–H groups in total. The van der Waals surface area contributed by atoms with Gasteiger partial charge >= 0.3 is 0 Å². The molecule has 1 unspecified atom stereocenters. The topological polar surface area (TPSA) is 43.8 Å². The van der Waals surface area contributed by atoms with E-state index in [1.54, 1.807) is 0 Å².